The first-order valence-electron chi connectivity index (χ1n) is 4.23. The number of nitrogens with zero attached hydrogens (tertiary/aromatic N) is 2. The highest BCUT2D eigenvalue weighted by molar-refractivity contribution is 5.96. The van der Waals surface area contributed by atoms with E-state index in [1.165, 1.54) is 0 Å². The lowest BCUT2D eigenvalue weighted by molar-refractivity contribution is 0.0633. The van der Waals surface area contributed by atoms with Gasteiger partial charge in [-0.3, -0.25) is 4.79 Å². The fourth-order valence-electron chi connectivity index (χ4n) is 1.04. The number of aryl methyl sites for hydroxylation is 1. The molecule has 0 aromatic carbocycles. The summed E-state index contributed by atoms with van der Waals surface area (Å²) in [6, 6.07) is 0. The Balaban J connectivity index is 2.86. The van der Waals surface area contributed by atoms with Gasteiger partial charge in [-0.25, -0.2) is 4.98 Å². The quantitative estimate of drug-likeness (QED) is 0.697. The number of aliphatic hydroxyl groups is 1. The molecule has 1 unspecified atom stereocenters. The maximum absolute atomic E-state index is 11.5. The summed E-state index contributed by atoms with van der Waals surface area (Å²) in [7, 11) is 1.73. The highest BCUT2D eigenvalue weighted by atomic mass is 16.3. The summed E-state index contributed by atoms with van der Waals surface area (Å²) < 4.78 is 1.61. The topological polar surface area (TPSA) is 55.1 Å². The minimum absolute atomic E-state index is 0.0794. The van der Waals surface area contributed by atoms with Crippen molar-refractivity contribution in [3.8, 4) is 0 Å². The van der Waals surface area contributed by atoms with Crippen molar-refractivity contribution in [3.63, 3.8) is 0 Å². The summed E-state index contributed by atoms with van der Waals surface area (Å²) in [4.78, 5) is 15.4. The van der Waals surface area contributed by atoms with E-state index in [9.17, 15) is 9.90 Å². The standard InChI is InChI=1S/C9H14N2O2/c1-6(2)7(12)8(13)9-10-4-5-11(9)3/h4-7,12H,1-3H3. The average molecular weight is 182 g/mol. The first-order chi connectivity index (χ1) is 6.04. The fraction of sp³-hybridized carbons (Fsp3) is 0.556. The third-order valence-electron chi connectivity index (χ3n) is 1.94. The summed E-state index contributed by atoms with van der Waals surface area (Å²) in [6.45, 7) is 3.59. The second-order valence-electron chi connectivity index (χ2n) is 3.41. The lowest BCUT2D eigenvalue weighted by atomic mass is 10.0. The maximum Gasteiger partial charge on any atom is 0.226 e. The van der Waals surface area contributed by atoms with Crippen LogP contribution >= 0.6 is 0 Å². The Bertz CT molecular complexity index is 304. The van der Waals surface area contributed by atoms with Crippen molar-refractivity contribution >= 4 is 5.78 Å². The summed E-state index contributed by atoms with van der Waals surface area (Å²) >= 11 is 0. The third-order valence-corrected chi connectivity index (χ3v) is 1.94. The average Bonchev–Trinajstić information content (AvgIpc) is 2.48. The van der Waals surface area contributed by atoms with Crippen LogP contribution in [0.5, 0.6) is 0 Å². The number of carbonyl (C=O) groups is 1. The maximum atomic E-state index is 11.5. The Morgan fingerprint density at radius 1 is 1.62 bits per heavy atom. The molecule has 13 heavy (non-hydrogen) atoms. The molecule has 0 bridgehead atoms. The monoisotopic (exact) mass is 182 g/mol. The predicted molar refractivity (Wildman–Crippen MR) is 48.4 cm³/mol. The number of hydrogen-bond donors (Lipinski definition) is 1. The number of aliphatic hydroxyl groups excluding tert-OH is 1. The van der Waals surface area contributed by atoms with Gasteiger partial charge >= 0.3 is 0 Å². The van der Waals surface area contributed by atoms with E-state index in [2.05, 4.69) is 4.98 Å². The van der Waals surface area contributed by atoms with Gasteiger partial charge in [-0.05, 0) is 5.92 Å². The van der Waals surface area contributed by atoms with Crippen molar-refractivity contribution in [1.29, 1.82) is 0 Å². The third kappa shape index (κ3) is 1.95. The van der Waals surface area contributed by atoms with Crippen LogP contribution in [-0.2, 0) is 7.05 Å². The van der Waals surface area contributed by atoms with Crippen LogP contribution in [0.4, 0.5) is 0 Å². The molecular formula is C9H14N2O2. The molecule has 1 heterocycles. The van der Waals surface area contributed by atoms with E-state index in [-0.39, 0.29) is 11.7 Å². The van der Waals surface area contributed by atoms with Gasteiger partial charge in [0.05, 0.1) is 0 Å². The fourth-order valence-corrected chi connectivity index (χ4v) is 1.04. The summed E-state index contributed by atoms with van der Waals surface area (Å²) in [5.74, 6) is -0.0899. The molecular weight excluding hydrogens is 168 g/mol. The van der Waals surface area contributed by atoms with Crippen LogP contribution in [-0.4, -0.2) is 26.5 Å². The molecule has 0 radical (unpaired) electrons. The van der Waals surface area contributed by atoms with Crippen LogP contribution in [0, 0.1) is 5.92 Å². The molecule has 0 amide bonds. The van der Waals surface area contributed by atoms with Crippen LogP contribution in [0.15, 0.2) is 12.4 Å². The van der Waals surface area contributed by atoms with Gasteiger partial charge in [0.15, 0.2) is 5.82 Å². The Morgan fingerprint density at radius 3 is 2.62 bits per heavy atom. The van der Waals surface area contributed by atoms with Gasteiger partial charge < -0.3 is 9.67 Å². The lowest BCUT2D eigenvalue weighted by Gasteiger charge is -2.12. The number of aromatic nitrogens is 2. The zero-order valence-corrected chi connectivity index (χ0v) is 8.06. The molecule has 4 nitrogen and oxygen atoms in total. The zero-order valence-electron chi connectivity index (χ0n) is 8.06. The Morgan fingerprint density at radius 2 is 2.23 bits per heavy atom. The van der Waals surface area contributed by atoms with Crippen LogP contribution in [0.3, 0.4) is 0 Å². The van der Waals surface area contributed by atoms with Gasteiger partial charge in [0, 0.05) is 19.4 Å². The molecule has 0 saturated carbocycles. The van der Waals surface area contributed by atoms with Crippen LogP contribution in [0.1, 0.15) is 24.5 Å². The second kappa shape index (κ2) is 3.70. The Kier molecular flexibility index (Phi) is 2.83. The normalized spacial score (nSPS) is 13.3. The van der Waals surface area contributed by atoms with Crippen molar-refractivity contribution in [3.05, 3.63) is 18.2 Å². The highest BCUT2D eigenvalue weighted by Crippen LogP contribution is 2.07. The van der Waals surface area contributed by atoms with Gasteiger partial charge in [0.2, 0.25) is 5.78 Å². The van der Waals surface area contributed by atoms with Crippen LogP contribution in [0.25, 0.3) is 0 Å². The lowest BCUT2D eigenvalue weighted by Crippen LogP contribution is -2.28. The van der Waals surface area contributed by atoms with E-state index < -0.39 is 6.10 Å². The molecule has 0 aliphatic rings. The van der Waals surface area contributed by atoms with Crippen molar-refractivity contribution in [2.45, 2.75) is 20.0 Å². The Labute approximate surface area is 77.2 Å². The van der Waals surface area contributed by atoms with Gasteiger partial charge in [-0.2, -0.15) is 0 Å². The van der Waals surface area contributed by atoms with Gasteiger partial charge in [0.1, 0.15) is 6.10 Å². The van der Waals surface area contributed by atoms with Crippen molar-refractivity contribution in [1.82, 2.24) is 9.55 Å². The number of imidazole rings is 1. The molecule has 0 saturated heterocycles. The zero-order chi connectivity index (χ0) is 10.0. The minimum atomic E-state index is -0.957. The van der Waals surface area contributed by atoms with E-state index in [0.29, 0.717) is 5.82 Å². The SMILES string of the molecule is CC(C)C(O)C(=O)c1nccn1C. The first kappa shape index (κ1) is 9.92. The number of rotatable bonds is 3. The van der Waals surface area contributed by atoms with Crippen molar-refractivity contribution in [2.75, 3.05) is 0 Å². The van der Waals surface area contributed by atoms with Gasteiger partial charge in [-0.15, -0.1) is 0 Å². The largest absolute Gasteiger partial charge is 0.385 e. The number of ketones is 1. The molecule has 0 spiro atoms. The van der Waals surface area contributed by atoms with E-state index in [0.717, 1.165) is 0 Å². The smallest absolute Gasteiger partial charge is 0.226 e. The molecule has 4 heteroatoms. The summed E-state index contributed by atoms with van der Waals surface area (Å²) in [6.07, 6.45) is 2.27. The van der Waals surface area contributed by atoms with E-state index in [1.807, 2.05) is 0 Å². The minimum Gasteiger partial charge on any atom is -0.385 e. The predicted octanol–water partition coefficient (Wildman–Crippen LogP) is 0.620. The summed E-state index contributed by atoms with van der Waals surface area (Å²) in [5.41, 5.74) is 0. The molecule has 72 valence electrons. The van der Waals surface area contributed by atoms with Crippen molar-refractivity contribution in [2.24, 2.45) is 13.0 Å². The highest BCUT2D eigenvalue weighted by Gasteiger charge is 2.23. The van der Waals surface area contributed by atoms with Crippen LogP contribution < -0.4 is 0 Å². The molecule has 1 N–H and O–H groups in total. The molecule has 1 aromatic heterocycles. The molecule has 0 aliphatic carbocycles. The van der Waals surface area contributed by atoms with Crippen LogP contribution in [0.2, 0.25) is 0 Å². The second-order valence-corrected chi connectivity index (χ2v) is 3.41. The van der Waals surface area contributed by atoms with Gasteiger partial charge in [-0.1, -0.05) is 13.8 Å². The molecule has 1 rings (SSSR count). The molecule has 0 fully saturated rings. The first-order valence-corrected chi connectivity index (χ1v) is 4.23. The van der Waals surface area contributed by atoms with E-state index >= 15 is 0 Å². The van der Waals surface area contributed by atoms with Crippen molar-refractivity contribution < 1.29 is 9.90 Å². The number of Topliss-reactive ketones (excluding diaryl/α,β-unsaturated/α-hetero) is 1. The number of hydrogen-bond acceptors (Lipinski definition) is 3. The summed E-state index contributed by atoms with van der Waals surface area (Å²) in [5, 5.41) is 9.49. The van der Waals surface area contributed by atoms with Gasteiger partial charge in [0.25, 0.3) is 0 Å². The van der Waals surface area contributed by atoms with E-state index in [4.69, 9.17) is 0 Å². The molecule has 1 aromatic rings. The Hall–Kier alpha value is -1.16. The van der Waals surface area contributed by atoms with E-state index in [1.54, 1.807) is 37.9 Å². The molecule has 0 aliphatic heterocycles. The molecule has 1 atom stereocenters. The number of carbonyl (C=O) groups excluding carboxylic acids is 1.